The number of benzene rings is 1. The molecule has 0 spiro atoms. The van der Waals surface area contributed by atoms with Crippen LogP contribution < -0.4 is 5.32 Å². The first-order valence-electron chi connectivity index (χ1n) is 3.94. The minimum atomic E-state index is 0.638. The second-order valence-corrected chi connectivity index (χ2v) is 2.77. The fraction of sp³-hybridized carbons (Fsp3) is 0.200. The third kappa shape index (κ3) is 3.44. The van der Waals surface area contributed by atoms with Gasteiger partial charge in [-0.05, 0) is 17.8 Å². The molecule has 0 heterocycles. The van der Waals surface area contributed by atoms with Crippen molar-refractivity contribution in [1.29, 1.82) is 0 Å². The molecule has 0 aliphatic rings. The summed E-state index contributed by atoms with van der Waals surface area (Å²) in [5.41, 5.74) is 1.19. The molecule has 64 valence electrons. The number of hydrogen-bond acceptors (Lipinski definition) is 1. The fourth-order valence-corrected chi connectivity index (χ4v) is 0.966. The Balaban J connectivity index is 2.36. The summed E-state index contributed by atoms with van der Waals surface area (Å²) in [6, 6.07) is 10.1. The first-order valence-corrected chi connectivity index (χ1v) is 4.48. The van der Waals surface area contributed by atoms with Gasteiger partial charge >= 0.3 is 0 Å². The third-order valence-electron chi connectivity index (χ3n) is 1.43. The van der Waals surface area contributed by atoms with Crippen molar-refractivity contribution in [3.63, 3.8) is 0 Å². The molecule has 1 rings (SSSR count). The van der Waals surface area contributed by atoms with Crippen molar-refractivity contribution in [2.45, 2.75) is 0 Å². The van der Waals surface area contributed by atoms with Gasteiger partial charge in [0.1, 0.15) is 0 Å². The van der Waals surface area contributed by atoms with E-state index in [1.807, 2.05) is 30.5 Å². The van der Waals surface area contributed by atoms with Crippen LogP contribution in [-0.4, -0.2) is 12.4 Å². The molecule has 0 aliphatic heterocycles. The van der Waals surface area contributed by atoms with Crippen molar-refractivity contribution >= 4 is 17.7 Å². The zero-order chi connectivity index (χ0) is 8.65. The molecule has 1 N–H and O–H groups in total. The number of alkyl halides is 1. The van der Waals surface area contributed by atoms with Crippen molar-refractivity contribution < 1.29 is 0 Å². The summed E-state index contributed by atoms with van der Waals surface area (Å²) in [4.78, 5) is 0. The summed E-state index contributed by atoms with van der Waals surface area (Å²) in [6.45, 7) is 0.810. The molecule has 0 saturated heterocycles. The predicted octanol–water partition coefficient (Wildman–Crippen LogP) is 2.49. The Morgan fingerprint density at radius 2 is 2.00 bits per heavy atom. The van der Waals surface area contributed by atoms with Crippen LogP contribution in [0.3, 0.4) is 0 Å². The average molecular weight is 182 g/mol. The minimum Gasteiger partial charge on any atom is -0.390 e. The largest absolute Gasteiger partial charge is 0.390 e. The zero-order valence-electron chi connectivity index (χ0n) is 6.83. The molecule has 1 nitrogen and oxygen atoms in total. The van der Waals surface area contributed by atoms with Gasteiger partial charge < -0.3 is 5.32 Å². The van der Waals surface area contributed by atoms with Crippen LogP contribution in [-0.2, 0) is 0 Å². The van der Waals surface area contributed by atoms with E-state index in [2.05, 4.69) is 17.4 Å². The van der Waals surface area contributed by atoms with Crippen molar-refractivity contribution in [2.24, 2.45) is 0 Å². The summed E-state index contributed by atoms with van der Waals surface area (Å²) in [5, 5.41) is 3.07. The Labute approximate surface area is 78.1 Å². The van der Waals surface area contributed by atoms with Gasteiger partial charge in [0.15, 0.2) is 0 Å². The summed E-state index contributed by atoms with van der Waals surface area (Å²) in [5.74, 6) is 0.638. The second-order valence-electron chi connectivity index (χ2n) is 2.39. The minimum absolute atomic E-state index is 0.638. The molecule has 0 fully saturated rings. The van der Waals surface area contributed by atoms with E-state index < -0.39 is 0 Å². The zero-order valence-corrected chi connectivity index (χ0v) is 7.59. The lowest BCUT2D eigenvalue weighted by Crippen LogP contribution is -2.07. The maximum atomic E-state index is 5.49. The quantitative estimate of drug-likeness (QED) is 0.556. The standard InChI is InChI=1S/C10H12ClN/c11-7-9-12-8-6-10-4-2-1-3-5-10/h1-6,8,12H,7,9H2. The van der Waals surface area contributed by atoms with E-state index in [1.165, 1.54) is 5.56 Å². The Kier molecular flexibility index (Phi) is 4.32. The Morgan fingerprint density at radius 3 is 2.67 bits per heavy atom. The smallest absolute Gasteiger partial charge is 0.0396 e. The van der Waals surface area contributed by atoms with E-state index in [4.69, 9.17) is 11.6 Å². The highest BCUT2D eigenvalue weighted by Crippen LogP contribution is 1.99. The van der Waals surface area contributed by atoms with E-state index >= 15 is 0 Å². The van der Waals surface area contributed by atoms with Crippen LogP contribution in [0.1, 0.15) is 5.56 Å². The van der Waals surface area contributed by atoms with Gasteiger partial charge in [-0.1, -0.05) is 30.3 Å². The van der Waals surface area contributed by atoms with Crippen LogP contribution in [0.5, 0.6) is 0 Å². The number of nitrogens with one attached hydrogen (secondary N) is 1. The lowest BCUT2D eigenvalue weighted by Gasteiger charge is -1.94. The highest BCUT2D eigenvalue weighted by Gasteiger charge is 1.80. The topological polar surface area (TPSA) is 12.0 Å². The number of halogens is 1. The fourth-order valence-electron chi connectivity index (χ4n) is 0.857. The normalized spacial score (nSPS) is 10.4. The van der Waals surface area contributed by atoms with Crippen LogP contribution in [0.25, 0.3) is 6.08 Å². The first-order chi connectivity index (χ1) is 5.93. The van der Waals surface area contributed by atoms with Gasteiger partial charge in [0.25, 0.3) is 0 Å². The summed E-state index contributed by atoms with van der Waals surface area (Å²) < 4.78 is 0. The number of hydrogen-bond donors (Lipinski definition) is 1. The summed E-state index contributed by atoms with van der Waals surface area (Å²) in [7, 11) is 0. The molecule has 0 bridgehead atoms. The molecule has 0 radical (unpaired) electrons. The molecule has 0 aliphatic carbocycles. The molecule has 0 unspecified atom stereocenters. The van der Waals surface area contributed by atoms with Gasteiger partial charge in [0.2, 0.25) is 0 Å². The Bertz CT molecular complexity index is 231. The van der Waals surface area contributed by atoms with Crippen LogP contribution in [0.15, 0.2) is 36.5 Å². The first kappa shape index (κ1) is 9.14. The monoisotopic (exact) mass is 181 g/mol. The van der Waals surface area contributed by atoms with Gasteiger partial charge in [-0.15, -0.1) is 11.6 Å². The Hall–Kier alpha value is -0.950. The van der Waals surface area contributed by atoms with E-state index in [1.54, 1.807) is 0 Å². The second kappa shape index (κ2) is 5.67. The molecule has 1 aromatic carbocycles. The molecular formula is C10H12ClN. The summed E-state index contributed by atoms with van der Waals surface area (Å²) >= 11 is 5.49. The van der Waals surface area contributed by atoms with Gasteiger partial charge in [0, 0.05) is 12.4 Å². The van der Waals surface area contributed by atoms with Crippen molar-refractivity contribution in [1.82, 2.24) is 5.32 Å². The lowest BCUT2D eigenvalue weighted by molar-refractivity contribution is 0.930. The molecular weight excluding hydrogens is 170 g/mol. The molecule has 2 heteroatoms. The van der Waals surface area contributed by atoms with Crippen LogP contribution >= 0.6 is 11.6 Å². The maximum absolute atomic E-state index is 5.49. The third-order valence-corrected chi connectivity index (χ3v) is 1.62. The molecule has 0 atom stereocenters. The van der Waals surface area contributed by atoms with E-state index in [0.717, 1.165) is 6.54 Å². The highest BCUT2D eigenvalue weighted by molar-refractivity contribution is 6.18. The van der Waals surface area contributed by atoms with Gasteiger partial charge in [-0.2, -0.15) is 0 Å². The SMILES string of the molecule is ClCCNC=Cc1ccccc1. The highest BCUT2D eigenvalue weighted by atomic mass is 35.5. The van der Waals surface area contributed by atoms with E-state index in [9.17, 15) is 0 Å². The Morgan fingerprint density at radius 1 is 1.25 bits per heavy atom. The van der Waals surface area contributed by atoms with Crippen LogP contribution in [0.2, 0.25) is 0 Å². The van der Waals surface area contributed by atoms with E-state index in [-0.39, 0.29) is 0 Å². The molecule has 12 heavy (non-hydrogen) atoms. The maximum Gasteiger partial charge on any atom is 0.0396 e. The van der Waals surface area contributed by atoms with Gasteiger partial charge in [-0.25, -0.2) is 0 Å². The van der Waals surface area contributed by atoms with Crippen molar-refractivity contribution in [3.05, 3.63) is 42.1 Å². The van der Waals surface area contributed by atoms with Crippen LogP contribution in [0.4, 0.5) is 0 Å². The lowest BCUT2D eigenvalue weighted by atomic mass is 10.2. The average Bonchev–Trinajstić information content (AvgIpc) is 2.14. The van der Waals surface area contributed by atoms with Crippen LogP contribution in [0, 0.1) is 0 Å². The predicted molar refractivity (Wildman–Crippen MR) is 54.2 cm³/mol. The van der Waals surface area contributed by atoms with Gasteiger partial charge in [0.05, 0.1) is 0 Å². The molecule has 1 aromatic rings. The van der Waals surface area contributed by atoms with E-state index in [0.29, 0.717) is 5.88 Å². The molecule has 0 aromatic heterocycles. The van der Waals surface area contributed by atoms with Gasteiger partial charge in [-0.3, -0.25) is 0 Å². The van der Waals surface area contributed by atoms with Crippen molar-refractivity contribution in [3.8, 4) is 0 Å². The molecule has 0 amide bonds. The van der Waals surface area contributed by atoms with Crippen molar-refractivity contribution in [2.75, 3.05) is 12.4 Å². The summed E-state index contributed by atoms with van der Waals surface area (Å²) in [6.07, 6.45) is 3.93. The number of rotatable bonds is 4. The molecule has 0 saturated carbocycles.